The Kier molecular flexibility index (Phi) is 4.64. The summed E-state index contributed by atoms with van der Waals surface area (Å²) >= 11 is 1.18. The fraction of sp³-hybridized carbons (Fsp3) is 0.214. The summed E-state index contributed by atoms with van der Waals surface area (Å²) in [7, 11) is 0. The molecule has 0 aliphatic heterocycles. The summed E-state index contributed by atoms with van der Waals surface area (Å²) in [5, 5.41) is 3.24. The lowest BCUT2D eigenvalue weighted by atomic mass is 10.2. The van der Waals surface area contributed by atoms with Crippen molar-refractivity contribution in [2.24, 2.45) is 0 Å². The molecule has 0 saturated heterocycles. The van der Waals surface area contributed by atoms with Crippen molar-refractivity contribution < 1.29 is 4.79 Å². The zero-order valence-electron chi connectivity index (χ0n) is 11.8. The van der Waals surface area contributed by atoms with Gasteiger partial charge < -0.3 is 16.0 Å². The van der Waals surface area contributed by atoms with Crippen LogP contribution in [0.15, 0.2) is 34.2 Å². The number of amides is 1. The first kappa shape index (κ1) is 15.1. The highest BCUT2D eigenvalue weighted by molar-refractivity contribution is 7.99. The molecule has 0 aliphatic carbocycles. The van der Waals surface area contributed by atoms with Crippen molar-refractivity contribution in [3.8, 4) is 0 Å². The summed E-state index contributed by atoms with van der Waals surface area (Å²) in [5.74, 6) is -0.00651. The Labute approximate surface area is 126 Å². The SMILES string of the molecule is Cc1cc(=O)[nH]c(SCC(=O)Nc2ccc(N)cc2C)n1. The maximum absolute atomic E-state index is 11.9. The Morgan fingerprint density at radius 2 is 2.14 bits per heavy atom. The third-order valence-corrected chi connectivity index (χ3v) is 3.59. The van der Waals surface area contributed by atoms with Crippen LogP contribution in [0.3, 0.4) is 0 Å². The molecule has 0 saturated carbocycles. The van der Waals surface area contributed by atoms with E-state index in [2.05, 4.69) is 15.3 Å². The molecule has 4 N–H and O–H groups in total. The molecule has 2 rings (SSSR count). The van der Waals surface area contributed by atoms with Crippen molar-refractivity contribution in [1.82, 2.24) is 9.97 Å². The van der Waals surface area contributed by atoms with Crippen LogP contribution in [0, 0.1) is 13.8 Å². The Hall–Kier alpha value is -2.28. The molecule has 0 spiro atoms. The van der Waals surface area contributed by atoms with Gasteiger partial charge >= 0.3 is 0 Å². The van der Waals surface area contributed by atoms with Crippen molar-refractivity contribution in [2.75, 3.05) is 16.8 Å². The van der Waals surface area contributed by atoms with Gasteiger partial charge in [-0.05, 0) is 37.6 Å². The van der Waals surface area contributed by atoms with E-state index in [1.165, 1.54) is 17.8 Å². The minimum absolute atomic E-state index is 0.163. The van der Waals surface area contributed by atoms with Gasteiger partial charge in [0, 0.05) is 23.1 Å². The molecule has 0 fully saturated rings. The van der Waals surface area contributed by atoms with E-state index in [-0.39, 0.29) is 17.2 Å². The number of nitrogen functional groups attached to an aromatic ring is 1. The number of nitrogens with zero attached hydrogens (tertiary/aromatic N) is 1. The molecule has 6 nitrogen and oxygen atoms in total. The van der Waals surface area contributed by atoms with E-state index < -0.39 is 0 Å². The van der Waals surface area contributed by atoms with Crippen LogP contribution in [0.1, 0.15) is 11.3 Å². The fourth-order valence-electron chi connectivity index (χ4n) is 1.77. The highest BCUT2D eigenvalue weighted by Gasteiger charge is 2.07. The molecule has 110 valence electrons. The topological polar surface area (TPSA) is 101 Å². The van der Waals surface area contributed by atoms with Gasteiger partial charge in [0.15, 0.2) is 5.16 Å². The summed E-state index contributed by atoms with van der Waals surface area (Å²) in [6.07, 6.45) is 0. The smallest absolute Gasteiger partial charge is 0.251 e. The van der Waals surface area contributed by atoms with Gasteiger partial charge in [-0.2, -0.15) is 0 Å². The monoisotopic (exact) mass is 304 g/mol. The lowest BCUT2D eigenvalue weighted by Gasteiger charge is -2.08. The molecule has 1 heterocycles. The van der Waals surface area contributed by atoms with Crippen LogP contribution in [0.2, 0.25) is 0 Å². The Balaban J connectivity index is 1.97. The van der Waals surface area contributed by atoms with E-state index in [1.54, 1.807) is 25.1 Å². The quantitative estimate of drug-likeness (QED) is 0.453. The number of nitrogens with one attached hydrogen (secondary N) is 2. The molecule has 7 heteroatoms. The third kappa shape index (κ3) is 4.35. The Morgan fingerprint density at radius 3 is 2.81 bits per heavy atom. The first-order valence-electron chi connectivity index (χ1n) is 6.31. The van der Waals surface area contributed by atoms with Crippen molar-refractivity contribution in [2.45, 2.75) is 19.0 Å². The summed E-state index contributed by atoms with van der Waals surface area (Å²) in [6.45, 7) is 3.61. The van der Waals surface area contributed by atoms with Crippen LogP contribution >= 0.6 is 11.8 Å². The Bertz CT molecular complexity index is 727. The normalized spacial score (nSPS) is 10.4. The van der Waals surface area contributed by atoms with Crippen molar-refractivity contribution in [3.05, 3.63) is 45.9 Å². The van der Waals surface area contributed by atoms with E-state index in [9.17, 15) is 9.59 Å². The van der Waals surface area contributed by atoms with E-state index in [4.69, 9.17) is 5.73 Å². The molecule has 0 atom stereocenters. The van der Waals surface area contributed by atoms with E-state index >= 15 is 0 Å². The molecule has 0 unspecified atom stereocenters. The minimum atomic E-state index is -0.222. The van der Waals surface area contributed by atoms with Crippen LogP contribution in [0.5, 0.6) is 0 Å². The molecule has 1 aromatic heterocycles. The van der Waals surface area contributed by atoms with E-state index in [0.717, 1.165) is 11.3 Å². The Morgan fingerprint density at radius 1 is 1.38 bits per heavy atom. The van der Waals surface area contributed by atoms with Gasteiger partial charge in [0.25, 0.3) is 5.56 Å². The molecular weight excluding hydrogens is 288 g/mol. The number of benzene rings is 1. The predicted molar refractivity (Wildman–Crippen MR) is 84.5 cm³/mol. The number of carbonyl (C=O) groups excluding carboxylic acids is 1. The fourth-order valence-corrected chi connectivity index (χ4v) is 2.49. The second-order valence-corrected chi connectivity index (χ2v) is 5.57. The molecule has 2 aromatic rings. The van der Waals surface area contributed by atoms with Gasteiger partial charge in [-0.15, -0.1) is 0 Å². The number of anilines is 2. The lowest BCUT2D eigenvalue weighted by Crippen LogP contribution is -2.16. The molecular formula is C14H16N4O2S. The van der Waals surface area contributed by atoms with Gasteiger partial charge in [-0.3, -0.25) is 9.59 Å². The van der Waals surface area contributed by atoms with Crippen LogP contribution in [-0.4, -0.2) is 21.6 Å². The average molecular weight is 304 g/mol. The summed E-state index contributed by atoms with van der Waals surface area (Å²) in [5.41, 5.74) is 8.34. The third-order valence-electron chi connectivity index (χ3n) is 2.71. The van der Waals surface area contributed by atoms with Crippen molar-refractivity contribution in [1.29, 1.82) is 0 Å². The molecule has 1 aromatic carbocycles. The highest BCUT2D eigenvalue weighted by Crippen LogP contribution is 2.18. The second kappa shape index (κ2) is 6.45. The number of carbonyl (C=O) groups is 1. The number of thioether (sulfide) groups is 1. The van der Waals surface area contributed by atoms with Gasteiger partial charge in [-0.1, -0.05) is 11.8 Å². The number of H-pyrrole nitrogens is 1. The van der Waals surface area contributed by atoms with Gasteiger partial charge in [-0.25, -0.2) is 4.98 Å². The molecule has 1 amide bonds. The summed E-state index contributed by atoms with van der Waals surface area (Å²) in [4.78, 5) is 30.0. The van der Waals surface area contributed by atoms with E-state index in [1.807, 2.05) is 6.92 Å². The molecule has 21 heavy (non-hydrogen) atoms. The zero-order valence-corrected chi connectivity index (χ0v) is 12.6. The van der Waals surface area contributed by atoms with Gasteiger partial charge in [0.05, 0.1) is 5.75 Å². The number of aryl methyl sites for hydroxylation is 2. The molecule has 0 radical (unpaired) electrons. The number of aromatic nitrogens is 2. The van der Waals surface area contributed by atoms with Gasteiger partial charge in [0.1, 0.15) is 0 Å². The van der Waals surface area contributed by atoms with E-state index in [0.29, 0.717) is 16.5 Å². The summed E-state index contributed by atoms with van der Waals surface area (Å²) in [6, 6.07) is 6.69. The number of aromatic amines is 1. The number of rotatable bonds is 4. The first-order valence-corrected chi connectivity index (χ1v) is 7.29. The van der Waals surface area contributed by atoms with Crippen molar-refractivity contribution >= 4 is 29.0 Å². The highest BCUT2D eigenvalue weighted by atomic mass is 32.2. The van der Waals surface area contributed by atoms with Crippen molar-refractivity contribution in [3.63, 3.8) is 0 Å². The summed E-state index contributed by atoms with van der Waals surface area (Å²) < 4.78 is 0. The number of hydrogen-bond donors (Lipinski definition) is 3. The van der Waals surface area contributed by atoms with Crippen LogP contribution in [0.4, 0.5) is 11.4 Å². The second-order valence-electron chi connectivity index (χ2n) is 4.60. The average Bonchev–Trinajstić information content (AvgIpc) is 2.39. The maximum atomic E-state index is 11.9. The first-order chi connectivity index (χ1) is 9.94. The van der Waals surface area contributed by atoms with Crippen LogP contribution in [-0.2, 0) is 4.79 Å². The maximum Gasteiger partial charge on any atom is 0.251 e. The minimum Gasteiger partial charge on any atom is -0.399 e. The molecule has 0 bridgehead atoms. The molecule has 0 aliphatic rings. The standard InChI is InChI=1S/C14H16N4O2S/c1-8-5-10(15)3-4-11(8)17-13(20)7-21-14-16-9(2)6-12(19)18-14/h3-6H,7,15H2,1-2H3,(H,17,20)(H,16,18,19). The number of nitrogens with two attached hydrogens (primary N) is 1. The van der Waals surface area contributed by atoms with Gasteiger partial charge in [0.2, 0.25) is 5.91 Å². The van der Waals surface area contributed by atoms with Crippen LogP contribution in [0.25, 0.3) is 0 Å². The van der Waals surface area contributed by atoms with Crippen LogP contribution < -0.4 is 16.6 Å². The largest absolute Gasteiger partial charge is 0.399 e. The predicted octanol–water partition coefficient (Wildman–Crippen LogP) is 1.70. The lowest BCUT2D eigenvalue weighted by molar-refractivity contribution is -0.113. The zero-order chi connectivity index (χ0) is 15.4. The number of hydrogen-bond acceptors (Lipinski definition) is 5.